The first-order valence-corrected chi connectivity index (χ1v) is 7.83. The molecule has 0 aromatic carbocycles. The minimum Gasteiger partial charge on any atom is -0.299 e. The smallest absolute Gasteiger partial charge is 0.240 e. The fourth-order valence-corrected chi connectivity index (χ4v) is 3.27. The van der Waals surface area contributed by atoms with E-state index in [-0.39, 0.29) is 5.91 Å². The fourth-order valence-electron chi connectivity index (χ4n) is 2.41. The highest BCUT2D eigenvalue weighted by molar-refractivity contribution is 7.15. The van der Waals surface area contributed by atoms with Crippen LogP contribution in [0.15, 0.2) is 0 Å². The number of amides is 1. The van der Waals surface area contributed by atoms with E-state index >= 15 is 0 Å². The molecular weight excluding hydrogens is 260 g/mol. The average Bonchev–Trinajstić information content (AvgIpc) is 2.77. The van der Waals surface area contributed by atoms with Crippen molar-refractivity contribution in [3.63, 3.8) is 0 Å². The predicted octanol–water partition coefficient (Wildman–Crippen LogP) is 2.16. The van der Waals surface area contributed by atoms with Gasteiger partial charge in [0.1, 0.15) is 5.01 Å². The highest BCUT2D eigenvalue weighted by Crippen LogP contribution is 2.17. The third-order valence-electron chi connectivity index (χ3n) is 3.29. The number of carbonyl (C=O) groups excluding carboxylic acids is 1. The molecule has 1 fully saturated rings. The Morgan fingerprint density at radius 2 is 2.37 bits per heavy atom. The summed E-state index contributed by atoms with van der Waals surface area (Å²) in [5.41, 5.74) is 0. The molecule has 2 heterocycles. The van der Waals surface area contributed by atoms with Gasteiger partial charge in [-0.25, -0.2) is 0 Å². The van der Waals surface area contributed by atoms with Gasteiger partial charge in [0.25, 0.3) is 0 Å². The summed E-state index contributed by atoms with van der Waals surface area (Å²) in [4.78, 5) is 14.2. The molecule has 1 saturated heterocycles. The second kappa shape index (κ2) is 6.96. The summed E-state index contributed by atoms with van der Waals surface area (Å²) < 4.78 is 0. The number of hydrogen-bond acceptors (Lipinski definition) is 5. The Morgan fingerprint density at radius 3 is 3.11 bits per heavy atom. The maximum absolute atomic E-state index is 11.9. The zero-order chi connectivity index (χ0) is 13.7. The second-order valence-electron chi connectivity index (χ2n) is 5.28. The molecule has 1 amide bonds. The van der Waals surface area contributed by atoms with Gasteiger partial charge in [0.05, 0.1) is 6.54 Å². The number of nitrogens with zero attached hydrogens (tertiary/aromatic N) is 3. The number of anilines is 1. The van der Waals surface area contributed by atoms with Crippen molar-refractivity contribution in [2.24, 2.45) is 5.92 Å². The van der Waals surface area contributed by atoms with Crippen LogP contribution in [-0.4, -0.2) is 40.6 Å². The van der Waals surface area contributed by atoms with E-state index in [9.17, 15) is 4.79 Å². The average molecular weight is 282 g/mol. The lowest BCUT2D eigenvalue weighted by Gasteiger charge is -2.29. The molecule has 1 N–H and O–H groups in total. The van der Waals surface area contributed by atoms with E-state index in [1.54, 1.807) is 0 Å². The van der Waals surface area contributed by atoms with Crippen molar-refractivity contribution < 1.29 is 4.79 Å². The first-order chi connectivity index (χ1) is 9.17. The van der Waals surface area contributed by atoms with Crippen LogP contribution in [0.1, 0.15) is 38.1 Å². The third kappa shape index (κ3) is 4.54. The Morgan fingerprint density at radius 1 is 1.53 bits per heavy atom. The van der Waals surface area contributed by atoms with Gasteiger partial charge in [-0.1, -0.05) is 25.2 Å². The summed E-state index contributed by atoms with van der Waals surface area (Å²) in [6.07, 6.45) is 4.44. The number of nitrogens with one attached hydrogen (secondary N) is 1. The van der Waals surface area contributed by atoms with Crippen LogP contribution in [0, 0.1) is 5.92 Å². The summed E-state index contributed by atoms with van der Waals surface area (Å²) in [6.45, 7) is 6.86. The Kier molecular flexibility index (Phi) is 5.27. The van der Waals surface area contributed by atoms with E-state index in [4.69, 9.17) is 0 Å². The van der Waals surface area contributed by atoms with Gasteiger partial charge in [-0.2, -0.15) is 0 Å². The number of likely N-dealkylation sites (tertiary alicyclic amines) is 1. The normalized spacial score (nSPS) is 20.4. The molecule has 106 valence electrons. The van der Waals surface area contributed by atoms with Crippen molar-refractivity contribution in [3.05, 3.63) is 5.01 Å². The summed E-state index contributed by atoms with van der Waals surface area (Å²) in [5, 5.41) is 12.5. The Balaban J connectivity index is 1.79. The van der Waals surface area contributed by atoms with Crippen molar-refractivity contribution in [1.82, 2.24) is 15.1 Å². The number of aryl methyl sites for hydroxylation is 1. The van der Waals surface area contributed by atoms with Gasteiger partial charge in [0, 0.05) is 13.0 Å². The van der Waals surface area contributed by atoms with Crippen LogP contribution in [-0.2, 0) is 11.2 Å². The first-order valence-electron chi connectivity index (χ1n) is 7.02. The maximum Gasteiger partial charge on any atom is 0.240 e. The SMILES string of the molecule is CCCc1nnc(NC(=O)CN2CCC[C@H](C)C2)s1. The minimum absolute atomic E-state index is 0.0216. The molecule has 0 radical (unpaired) electrons. The lowest BCUT2D eigenvalue weighted by atomic mass is 10.0. The van der Waals surface area contributed by atoms with E-state index in [0.29, 0.717) is 17.6 Å². The van der Waals surface area contributed by atoms with Gasteiger partial charge in [0.2, 0.25) is 11.0 Å². The first kappa shape index (κ1) is 14.4. The van der Waals surface area contributed by atoms with Crippen LogP contribution in [0.25, 0.3) is 0 Å². The standard InChI is InChI=1S/C13H22N4OS/c1-3-5-12-15-16-13(19-12)14-11(18)9-17-7-4-6-10(2)8-17/h10H,3-9H2,1-2H3,(H,14,16,18)/t10-/m0/s1. The lowest BCUT2D eigenvalue weighted by Crippen LogP contribution is -2.39. The van der Waals surface area contributed by atoms with Gasteiger partial charge in [-0.05, 0) is 31.7 Å². The molecule has 0 spiro atoms. The van der Waals surface area contributed by atoms with E-state index in [1.807, 2.05) is 0 Å². The van der Waals surface area contributed by atoms with Crippen LogP contribution in [0.2, 0.25) is 0 Å². The largest absolute Gasteiger partial charge is 0.299 e. The van der Waals surface area contributed by atoms with Crippen molar-refractivity contribution >= 4 is 22.4 Å². The monoisotopic (exact) mass is 282 g/mol. The van der Waals surface area contributed by atoms with Crippen LogP contribution in [0.5, 0.6) is 0 Å². The molecule has 1 aromatic heterocycles. The molecule has 2 rings (SSSR count). The molecular formula is C13H22N4OS. The van der Waals surface area contributed by atoms with Crippen molar-refractivity contribution in [3.8, 4) is 0 Å². The molecule has 5 nitrogen and oxygen atoms in total. The number of hydrogen-bond donors (Lipinski definition) is 1. The molecule has 0 saturated carbocycles. The van der Waals surface area contributed by atoms with Crippen LogP contribution >= 0.6 is 11.3 Å². The molecule has 1 aliphatic heterocycles. The summed E-state index contributed by atoms with van der Waals surface area (Å²) in [6, 6.07) is 0. The highest BCUT2D eigenvalue weighted by Gasteiger charge is 2.19. The van der Waals surface area contributed by atoms with Crippen molar-refractivity contribution in [2.75, 3.05) is 25.0 Å². The Bertz CT molecular complexity index is 421. The van der Waals surface area contributed by atoms with Gasteiger partial charge in [-0.3, -0.25) is 15.0 Å². The summed E-state index contributed by atoms with van der Waals surface area (Å²) in [5.74, 6) is 0.715. The molecule has 1 aliphatic rings. The van der Waals surface area contributed by atoms with Crippen molar-refractivity contribution in [2.45, 2.75) is 39.5 Å². The molecule has 6 heteroatoms. The molecule has 0 bridgehead atoms. The predicted molar refractivity (Wildman–Crippen MR) is 77.4 cm³/mol. The van der Waals surface area contributed by atoms with E-state index < -0.39 is 0 Å². The molecule has 19 heavy (non-hydrogen) atoms. The third-order valence-corrected chi connectivity index (χ3v) is 4.18. The van der Waals surface area contributed by atoms with Gasteiger partial charge in [0.15, 0.2) is 0 Å². The quantitative estimate of drug-likeness (QED) is 0.899. The van der Waals surface area contributed by atoms with Crippen LogP contribution in [0.4, 0.5) is 5.13 Å². The highest BCUT2D eigenvalue weighted by atomic mass is 32.1. The van der Waals surface area contributed by atoms with E-state index in [1.165, 1.54) is 24.2 Å². The summed E-state index contributed by atoms with van der Waals surface area (Å²) >= 11 is 1.48. The molecule has 0 aliphatic carbocycles. The second-order valence-corrected chi connectivity index (χ2v) is 6.34. The fraction of sp³-hybridized carbons (Fsp3) is 0.769. The van der Waals surface area contributed by atoms with E-state index in [2.05, 4.69) is 34.3 Å². The Hall–Kier alpha value is -1.01. The Labute approximate surface area is 118 Å². The zero-order valence-corrected chi connectivity index (χ0v) is 12.5. The number of piperidine rings is 1. The molecule has 0 unspecified atom stereocenters. The maximum atomic E-state index is 11.9. The van der Waals surface area contributed by atoms with Crippen LogP contribution in [0.3, 0.4) is 0 Å². The van der Waals surface area contributed by atoms with Gasteiger partial charge in [-0.15, -0.1) is 10.2 Å². The van der Waals surface area contributed by atoms with E-state index in [0.717, 1.165) is 30.9 Å². The van der Waals surface area contributed by atoms with Gasteiger partial charge < -0.3 is 0 Å². The molecule has 1 atom stereocenters. The minimum atomic E-state index is 0.0216. The van der Waals surface area contributed by atoms with Gasteiger partial charge >= 0.3 is 0 Å². The lowest BCUT2D eigenvalue weighted by molar-refractivity contribution is -0.117. The molecule has 1 aromatic rings. The number of rotatable bonds is 5. The summed E-state index contributed by atoms with van der Waals surface area (Å²) in [7, 11) is 0. The number of aromatic nitrogens is 2. The zero-order valence-electron chi connectivity index (χ0n) is 11.7. The number of carbonyl (C=O) groups is 1. The topological polar surface area (TPSA) is 58.1 Å². The van der Waals surface area contributed by atoms with Crippen LogP contribution < -0.4 is 5.32 Å². The van der Waals surface area contributed by atoms with Crippen molar-refractivity contribution in [1.29, 1.82) is 0 Å².